The van der Waals surface area contributed by atoms with Crippen LogP contribution in [0.2, 0.25) is 0 Å². The minimum atomic E-state index is -0.821. The molecule has 2 bridgehead atoms. The van der Waals surface area contributed by atoms with Crippen molar-refractivity contribution in [1.29, 1.82) is 0 Å². The highest BCUT2D eigenvalue weighted by Crippen LogP contribution is 2.33. The van der Waals surface area contributed by atoms with E-state index in [-0.39, 0.29) is 12.1 Å². The number of nitrogens with zero attached hydrogens (tertiary/aromatic N) is 5. The van der Waals surface area contributed by atoms with Gasteiger partial charge in [-0.3, -0.25) is 0 Å². The number of amides is 1. The first-order valence-electron chi connectivity index (χ1n) is 6.40. The van der Waals surface area contributed by atoms with Crippen molar-refractivity contribution in [2.24, 2.45) is 0 Å². The molecule has 0 spiro atoms. The van der Waals surface area contributed by atoms with Crippen LogP contribution >= 0.6 is 15.9 Å². The van der Waals surface area contributed by atoms with Crippen molar-refractivity contribution in [2.75, 3.05) is 18.0 Å². The average molecular weight is 338 g/mol. The molecule has 2 aliphatic heterocycles. The molecule has 2 saturated heterocycles. The second-order valence-electron chi connectivity index (χ2n) is 5.17. The molecular weight excluding hydrogens is 326 g/mol. The van der Waals surface area contributed by atoms with Crippen LogP contribution in [0.3, 0.4) is 0 Å². The lowest BCUT2D eigenvalue weighted by atomic mass is 10.2. The van der Waals surface area contributed by atoms with Crippen molar-refractivity contribution in [1.82, 2.24) is 19.5 Å². The number of aromatic nitrogens is 3. The lowest BCUT2D eigenvalue weighted by molar-refractivity contribution is 0.137. The molecule has 104 valence electrons. The summed E-state index contributed by atoms with van der Waals surface area (Å²) in [4.78, 5) is 19.0. The van der Waals surface area contributed by atoms with Gasteiger partial charge in [0.1, 0.15) is 10.4 Å². The fraction of sp³-hybridized carbons (Fsp3) is 0.417. The maximum atomic E-state index is 11.1. The summed E-state index contributed by atoms with van der Waals surface area (Å²) in [6.07, 6.45) is 1.78. The lowest BCUT2D eigenvalue weighted by Crippen LogP contribution is -2.48. The molecule has 0 aromatic carbocycles. The van der Waals surface area contributed by atoms with Crippen molar-refractivity contribution < 1.29 is 9.90 Å². The first-order valence-corrected chi connectivity index (χ1v) is 7.19. The summed E-state index contributed by atoms with van der Waals surface area (Å²) >= 11 is 3.41. The highest BCUT2D eigenvalue weighted by molar-refractivity contribution is 9.10. The zero-order chi connectivity index (χ0) is 13.9. The number of hydrogen-bond acceptors (Lipinski definition) is 4. The van der Waals surface area contributed by atoms with Crippen LogP contribution in [-0.4, -0.2) is 55.9 Å². The van der Waals surface area contributed by atoms with Gasteiger partial charge in [0.2, 0.25) is 0 Å². The third-order valence-corrected chi connectivity index (χ3v) is 4.63. The number of halogens is 1. The number of piperazine rings is 1. The zero-order valence-electron chi connectivity index (χ0n) is 10.5. The Morgan fingerprint density at radius 1 is 1.35 bits per heavy atom. The number of rotatable bonds is 1. The van der Waals surface area contributed by atoms with Crippen LogP contribution in [0.4, 0.5) is 10.6 Å². The standard InChI is InChI=1S/C12H12BrN5O2/c13-9-4-14-10-1-2-11(15-18(9)10)16-5-8-3-7(16)6-17(8)12(19)20/h1-2,4,7-8H,3,5-6H2,(H,19,20). The summed E-state index contributed by atoms with van der Waals surface area (Å²) in [6, 6.07) is 4.18. The summed E-state index contributed by atoms with van der Waals surface area (Å²) in [5.74, 6) is 0.869. The quantitative estimate of drug-likeness (QED) is 0.852. The van der Waals surface area contributed by atoms with E-state index in [0.29, 0.717) is 13.1 Å². The Kier molecular flexibility index (Phi) is 2.44. The third-order valence-electron chi connectivity index (χ3n) is 4.09. The first kappa shape index (κ1) is 12.0. The molecule has 0 radical (unpaired) electrons. The van der Waals surface area contributed by atoms with Crippen molar-refractivity contribution in [3.05, 3.63) is 22.9 Å². The topological polar surface area (TPSA) is 74.0 Å². The highest BCUT2D eigenvalue weighted by atomic mass is 79.9. The van der Waals surface area contributed by atoms with Crippen molar-refractivity contribution in [2.45, 2.75) is 18.5 Å². The molecule has 2 aromatic rings. The molecule has 0 aliphatic carbocycles. The Labute approximate surface area is 122 Å². The number of imidazole rings is 1. The van der Waals surface area contributed by atoms with E-state index in [1.165, 1.54) is 4.90 Å². The summed E-state index contributed by atoms with van der Waals surface area (Å²) < 4.78 is 2.56. The van der Waals surface area contributed by atoms with E-state index in [0.717, 1.165) is 22.5 Å². The van der Waals surface area contributed by atoms with Gasteiger partial charge in [0.25, 0.3) is 0 Å². The van der Waals surface area contributed by atoms with E-state index in [1.807, 2.05) is 12.1 Å². The van der Waals surface area contributed by atoms with Gasteiger partial charge in [-0.05, 0) is 34.5 Å². The van der Waals surface area contributed by atoms with E-state index < -0.39 is 6.09 Å². The van der Waals surface area contributed by atoms with Crippen molar-refractivity contribution in [3.63, 3.8) is 0 Å². The SMILES string of the molecule is O=C(O)N1CC2CC1CN2c1ccc2ncc(Br)n2n1. The van der Waals surface area contributed by atoms with Crippen LogP contribution in [0.25, 0.3) is 5.65 Å². The van der Waals surface area contributed by atoms with Crippen LogP contribution < -0.4 is 4.90 Å². The normalized spacial score (nSPS) is 24.9. The number of carboxylic acid groups (broad SMARTS) is 1. The Bertz CT molecular complexity index is 702. The van der Waals surface area contributed by atoms with Gasteiger partial charge >= 0.3 is 6.09 Å². The molecule has 1 amide bonds. The molecule has 2 aromatic heterocycles. The molecular formula is C12H12BrN5O2. The Morgan fingerprint density at radius 3 is 2.90 bits per heavy atom. The van der Waals surface area contributed by atoms with Gasteiger partial charge < -0.3 is 14.9 Å². The van der Waals surface area contributed by atoms with Crippen LogP contribution in [0.1, 0.15) is 6.42 Å². The van der Waals surface area contributed by atoms with Gasteiger partial charge in [-0.25, -0.2) is 14.3 Å². The number of fused-ring (bicyclic) bond motifs is 3. The van der Waals surface area contributed by atoms with Gasteiger partial charge in [-0.2, -0.15) is 0 Å². The van der Waals surface area contributed by atoms with E-state index >= 15 is 0 Å². The largest absolute Gasteiger partial charge is 0.465 e. The van der Waals surface area contributed by atoms with E-state index in [2.05, 4.69) is 30.9 Å². The van der Waals surface area contributed by atoms with Gasteiger partial charge in [-0.1, -0.05) is 0 Å². The van der Waals surface area contributed by atoms with Crippen LogP contribution in [0.5, 0.6) is 0 Å². The smallest absolute Gasteiger partial charge is 0.407 e. The second-order valence-corrected chi connectivity index (χ2v) is 5.99. The second kappa shape index (κ2) is 4.08. The van der Waals surface area contributed by atoms with Gasteiger partial charge in [0.15, 0.2) is 5.65 Å². The molecule has 2 unspecified atom stereocenters. The fourth-order valence-corrected chi connectivity index (χ4v) is 3.53. The Morgan fingerprint density at radius 2 is 2.20 bits per heavy atom. The Balaban J connectivity index is 1.65. The highest BCUT2D eigenvalue weighted by Gasteiger charge is 2.45. The maximum absolute atomic E-state index is 11.1. The molecule has 2 atom stereocenters. The number of likely N-dealkylation sites (tertiary alicyclic amines) is 1. The first-order chi connectivity index (χ1) is 9.63. The van der Waals surface area contributed by atoms with Crippen LogP contribution in [-0.2, 0) is 0 Å². The molecule has 2 aliphatic rings. The molecule has 7 nitrogen and oxygen atoms in total. The third kappa shape index (κ3) is 1.60. The minimum Gasteiger partial charge on any atom is -0.465 e. The molecule has 8 heteroatoms. The molecule has 4 heterocycles. The monoisotopic (exact) mass is 337 g/mol. The van der Waals surface area contributed by atoms with E-state index in [4.69, 9.17) is 5.11 Å². The van der Waals surface area contributed by atoms with Crippen LogP contribution in [0.15, 0.2) is 22.9 Å². The van der Waals surface area contributed by atoms with E-state index in [9.17, 15) is 4.79 Å². The van der Waals surface area contributed by atoms with Gasteiger partial charge in [-0.15, -0.1) is 5.10 Å². The number of anilines is 1. The summed E-state index contributed by atoms with van der Waals surface area (Å²) in [5.41, 5.74) is 0.789. The molecule has 1 N–H and O–H groups in total. The van der Waals surface area contributed by atoms with Gasteiger partial charge in [0, 0.05) is 13.1 Å². The summed E-state index contributed by atoms with van der Waals surface area (Å²) in [6.45, 7) is 1.27. The van der Waals surface area contributed by atoms with Crippen molar-refractivity contribution >= 4 is 33.5 Å². The summed E-state index contributed by atoms with van der Waals surface area (Å²) in [5, 5.41) is 13.7. The molecule has 2 fully saturated rings. The average Bonchev–Trinajstić information content (AvgIpc) is 3.12. The molecule has 0 saturated carbocycles. The zero-order valence-corrected chi connectivity index (χ0v) is 12.1. The maximum Gasteiger partial charge on any atom is 0.407 e. The van der Waals surface area contributed by atoms with Crippen LogP contribution in [0, 0.1) is 0 Å². The number of hydrogen-bond donors (Lipinski definition) is 1. The summed E-state index contributed by atoms with van der Waals surface area (Å²) in [7, 11) is 0. The number of carbonyl (C=O) groups is 1. The predicted molar refractivity (Wildman–Crippen MR) is 75.0 cm³/mol. The molecule has 20 heavy (non-hydrogen) atoms. The van der Waals surface area contributed by atoms with E-state index in [1.54, 1.807) is 10.7 Å². The Hall–Kier alpha value is -1.83. The van der Waals surface area contributed by atoms with Crippen molar-refractivity contribution in [3.8, 4) is 0 Å². The molecule has 4 rings (SSSR count). The fourth-order valence-electron chi connectivity index (χ4n) is 3.17. The lowest BCUT2D eigenvalue weighted by Gasteiger charge is -2.33. The van der Waals surface area contributed by atoms with Gasteiger partial charge in [0.05, 0.1) is 18.3 Å². The predicted octanol–water partition coefficient (Wildman–Crippen LogP) is 1.43. The minimum absolute atomic E-state index is 0.0845.